The van der Waals surface area contributed by atoms with Gasteiger partial charge in [-0.05, 0) is 48.9 Å². The zero-order valence-corrected chi connectivity index (χ0v) is 20.2. The van der Waals surface area contributed by atoms with Gasteiger partial charge in [0, 0.05) is 18.2 Å². The molecule has 1 amide bonds. The first-order valence-electron chi connectivity index (χ1n) is 12.4. The number of hydrogen-bond acceptors (Lipinski definition) is 4. The van der Waals surface area contributed by atoms with Crippen molar-refractivity contribution in [1.82, 2.24) is 24.1 Å². The maximum absolute atomic E-state index is 13.6. The number of fused-ring (bicyclic) bond motifs is 3. The standard InChI is InChI=1S/C27H31N5O3/c1-18(2)14-15-30-25(34)22-13-12-20(24(33)28-21-10-6-7-11-21)16-23(22)32-26(30)29-31(27(32)35)17-19-8-4-3-5-9-19/h3-5,8-9,12-13,16,18,21H,6-7,10-11,14-15,17H2,1-2H3,(H,28,33). The lowest BCUT2D eigenvalue weighted by Gasteiger charge is -2.14. The number of nitrogens with one attached hydrogen (secondary N) is 1. The van der Waals surface area contributed by atoms with E-state index in [-0.39, 0.29) is 23.2 Å². The molecule has 1 aliphatic rings. The fourth-order valence-corrected chi connectivity index (χ4v) is 4.84. The molecule has 0 atom stereocenters. The lowest BCUT2D eigenvalue weighted by Crippen LogP contribution is -2.33. The fraction of sp³-hybridized carbons (Fsp3) is 0.407. The van der Waals surface area contributed by atoms with Crippen molar-refractivity contribution in [3.8, 4) is 0 Å². The van der Waals surface area contributed by atoms with E-state index in [1.54, 1.807) is 22.8 Å². The van der Waals surface area contributed by atoms with Crippen molar-refractivity contribution in [2.45, 2.75) is 65.1 Å². The summed E-state index contributed by atoms with van der Waals surface area (Å²) in [6, 6.07) is 14.8. The van der Waals surface area contributed by atoms with Crippen LogP contribution in [0.25, 0.3) is 16.7 Å². The van der Waals surface area contributed by atoms with E-state index < -0.39 is 0 Å². The Morgan fingerprint density at radius 3 is 2.54 bits per heavy atom. The Kier molecular flexibility index (Phi) is 6.28. The summed E-state index contributed by atoms with van der Waals surface area (Å²) in [7, 11) is 0. The van der Waals surface area contributed by atoms with E-state index in [1.165, 1.54) is 9.08 Å². The Balaban J connectivity index is 1.66. The number of carbonyl (C=O) groups excluding carboxylic acids is 1. The van der Waals surface area contributed by atoms with Gasteiger partial charge in [-0.1, -0.05) is 57.0 Å². The molecule has 0 saturated heterocycles. The largest absolute Gasteiger partial charge is 0.352 e. The third kappa shape index (κ3) is 4.52. The maximum Gasteiger partial charge on any atom is 0.352 e. The van der Waals surface area contributed by atoms with Crippen molar-refractivity contribution in [3.63, 3.8) is 0 Å². The number of aromatic nitrogens is 4. The van der Waals surface area contributed by atoms with Gasteiger partial charge in [0.1, 0.15) is 0 Å². The summed E-state index contributed by atoms with van der Waals surface area (Å²) < 4.78 is 4.45. The highest BCUT2D eigenvalue weighted by atomic mass is 16.2. The van der Waals surface area contributed by atoms with E-state index in [4.69, 9.17) is 0 Å². The van der Waals surface area contributed by atoms with Crippen LogP contribution in [-0.2, 0) is 13.1 Å². The topological polar surface area (TPSA) is 90.4 Å². The average Bonchev–Trinajstić information content (AvgIpc) is 3.47. The first-order chi connectivity index (χ1) is 16.9. The zero-order valence-electron chi connectivity index (χ0n) is 20.2. The Morgan fingerprint density at radius 1 is 1.09 bits per heavy atom. The van der Waals surface area contributed by atoms with Crippen molar-refractivity contribution < 1.29 is 4.79 Å². The van der Waals surface area contributed by atoms with E-state index in [0.29, 0.717) is 41.3 Å². The van der Waals surface area contributed by atoms with Crippen molar-refractivity contribution in [3.05, 3.63) is 80.5 Å². The molecule has 1 N–H and O–H groups in total. The Bertz CT molecular complexity index is 1490. The number of hydrogen-bond donors (Lipinski definition) is 1. The first-order valence-corrected chi connectivity index (χ1v) is 12.4. The molecule has 5 rings (SSSR count). The van der Waals surface area contributed by atoms with Gasteiger partial charge in [-0.25, -0.2) is 13.9 Å². The lowest BCUT2D eigenvalue weighted by atomic mass is 10.1. The quantitative estimate of drug-likeness (QED) is 0.444. The van der Waals surface area contributed by atoms with E-state index in [9.17, 15) is 14.4 Å². The summed E-state index contributed by atoms with van der Waals surface area (Å²) in [4.78, 5) is 40.0. The van der Waals surface area contributed by atoms with Crippen LogP contribution in [0, 0.1) is 5.92 Å². The van der Waals surface area contributed by atoms with Crippen LogP contribution < -0.4 is 16.6 Å². The Hall–Kier alpha value is -3.68. The van der Waals surface area contributed by atoms with Gasteiger partial charge in [-0.15, -0.1) is 5.10 Å². The molecule has 8 heteroatoms. The monoisotopic (exact) mass is 473 g/mol. The summed E-state index contributed by atoms with van der Waals surface area (Å²) >= 11 is 0. The third-order valence-corrected chi connectivity index (χ3v) is 6.84. The molecule has 1 saturated carbocycles. The molecule has 0 bridgehead atoms. The number of benzene rings is 2. The van der Waals surface area contributed by atoms with Crippen molar-refractivity contribution in [1.29, 1.82) is 0 Å². The molecule has 1 fully saturated rings. The van der Waals surface area contributed by atoms with Gasteiger partial charge in [-0.3, -0.25) is 14.2 Å². The second kappa shape index (κ2) is 9.52. The molecule has 182 valence electrons. The van der Waals surface area contributed by atoms with Gasteiger partial charge in [0.15, 0.2) is 0 Å². The number of nitrogens with zero attached hydrogens (tertiary/aromatic N) is 4. The van der Waals surface area contributed by atoms with Crippen LogP contribution in [0.4, 0.5) is 0 Å². The van der Waals surface area contributed by atoms with Crippen LogP contribution in [0.3, 0.4) is 0 Å². The highest BCUT2D eigenvalue weighted by Gasteiger charge is 2.21. The summed E-state index contributed by atoms with van der Waals surface area (Å²) in [5.74, 6) is 0.510. The minimum absolute atomic E-state index is 0.179. The van der Waals surface area contributed by atoms with Crippen molar-refractivity contribution in [2.75, 3.05) is 0 Å². The highest BCUT2D eigenvalue weighted by molar-refractivity contribution is 5.98. The van der Waals surface area contributed by atoms with E-state index >= 15 is 0 Å². The average molecular weight is 474 g/mol. The van der Waals surface area contributed by atoms with Gasteiger partial charge in [-0.2, -0.15) is 0 Å². The summed E-state index contributed by atoms with van der Waals surface area (Å²) in [6.45, 7) is 4.95. The molecular weight excluding hydrogens is 442 g/mol. The Morgan fingerprint density at radius 2 is 1.83 bits per heavy atom. The van der Waals surface area contributed by atoms with Gasteiger partial charge in [0.2, 0.25) is 5.78 Å². The molecule has 0 aliphatic heterocycles. The van der Waals surface area contributed by atoms with Crippen molar-refractivity contribution >= 4 is 22.6 Å². The SMILES string of the molecule is CC(C)CCn1c(=O)c2ccc(C(=O)NC3CCCC3)cc2n2c(=O)n(Cc3ccccc3)nc12. The molecule has 35 heavy (non-hydrogen) atoms. The number of carbonyl (C=O) groups is 1. The molecule has 1 aliphatic carbocycles. The van der Waals surface area contributed by atoms with Crippen LogP contribution in [0.2, 0.25) is 0 Å². The zero-order chi connectivity index (χ0) is 24.5. The minimum atomic E-state index is -0.333. The highest BCUT2D eigenvalue weighted by Crippen LogP contribution is 2.19. The molecular formula is C27H31N5O3. The summed E-state index contributed by atoms with van der Waals surface area (Å²) in [5.41, 5.74) is 1.25. The maximum atomic E-state index is 13.6. The van der Waals surface area contributed by atoms with E-state index in [1.807, 2.05) is 30.3 Å². The van der Waals surface area contributed by atoms with Gasteiger partial charge in [0.25, 0.3) is 11.5 Å². The number of amides is 1. The Labute approximate surface area is 203 Å². The smallest absolute Gasteiger partial charge is 0.349 e. The number of aryl methyl sites for hydroxylation is 1. The summed E-state index contributed by atoms with van der Waals surface area (Å²) in [5, 5.41) is 8.08. The van der Waals surface area contributed by atoms with Gasteiger partial charge >= 0.3 is 5.69 Å². The normalized spacial score (nSPS) is 14.4. The predicted molar refractivity (Wildman–Crippen MR) is 136 cm³/mol. The molecule has 4 aromatic rings. The van der Waals surface area contributed by atoms with Gasteiger partial charge < -0.3 is 5.32 Å². The van der Waals surface area contributed by atoms with Crippen LogP contribution >= 0.6 is 0 Å². The summed E-state index contributed by atoms with van der Waals surface area (Å²) in [6.07, 6.45) is 4.98. The van der Waals surface area contributed by atoms with Gasteiger partial charge in [0.05, 0.1) is 17.4 Å². The molecule has 2 heterocycles. The third-order valence-electron chi connectivity index (χ3n) is 6.84. The second-order valence-electron chi connectivity index (χ2n) is 9.89. The fourth-order valence-electron chi connectivity index (χ4n) is 4.84. The second-order valence-corrected chi connectivity index (χ2v) is 9.89. The van der Waals surface area contributed by atoms with E-state index in [0.717, 1.165) is 37.7 Å². The van der Waals surface area contributed by atoms with E-state index in [2.05, 4.69) is 24.3 Å². The van der Waals surface area contributed by atoms with Crippen molar-refractivity contribution in [2.24, 2.45) is 5.92 Å². The minimum Gasteiger partial charge on any atom is -0.349 e. The van der Waals surface area contributed by atoms with Crippen LogP contribution in [-0.4, -0.2) is 30.7 Å². The number of rotatable bonds is 7. The van der Waals surface area contributed by atoms with Crippen LogP contribution in [0.1, 0.15) is 61.9 Å². The van der Waals surface area contributed by atoms with Crippen LogP contribution in [0.5, 0.6) is 0 Å². The first kappa shape index (κ1) is 23.1. The predicted octanol–water partition coefficient (Wildman–Crippen LogP) is 3.58. The van der Waals surface area contributed by atoms with Crippen LogP contribution in [0.15, 0.2) is 58.1 Å². The molecule has 0 radical (unpaired) electrons. The molecule has 8 nitrogen and oxygen atoms in total. The lowest BCUT2D eigenvalue weighted by molar-refractivity contribution is 0.0938. The molecule has 0 unspecified atom stereocenters. The molecule has 0 spiro atoms. The molecule has 2 aromatic heterocycles. The molecule has 2 aromatic carbocycles.